The maximum absolute atomic E-state index is 13.8. The van der Waals surface area contributed by atoms with Crippen molar-refractivity contribution in [2.45, 2.75) is 44.8 Å². The molecule has 1 aromatic carbocycles. The summed E-state index contributed by atoms with van der Waals surface area (Å²) in [6.45, 7) is 3.78. The van der Waals surface area contributed by atoms with E-state index in [1.807, 2.05) is 6.07 Å². The lowest BCUT2D eigenvalue weighted by atomic mass is 9.95. The molecule has 0 aromatic heterocycles. The molecule has 0 aliphatic carbocycles. The Morgan fingerprint density at radius 3 is 3.00 bits per heavy atom. The Balaban J connectivity index is 2.08. The number of likely N-dealkylation sites (N-methyl/N-ethyl adjacent to an activating group) is 1. The first-order valence-corrected chi connectivity index (χ1v) is 7.79. The van der Waals surface area contributed by atoms with E-state index >= 15 is 0 Å². The zero-order valence-corrected chi connectivity index (χ0v) is 12.9. The van der Waals surface area contributed by atoms with Crippen LogP contribution in [-0.4, -0.2) is 25.3 Å². The largest absolute Gasteiger partial charge is 0.377 e. The molecule has 19 heavy (non-hydrogen) atoms. The van der Waals surface area contributed by atoms with Gasteiger partial charge in [-0.1, -0.05) is 22.9 Å². The van der Waals surface area contributed by atoms with Gasteiger partial charge in [0.25, 0.3) is 0 Å². The molecule has 0 bridgehead atoms. The molecule has 0 amide bonds. The number of hydrogen-bond acceptors (Lipinski definition) is 2. The topological polar surface area (TPSA) is 21.3 Å². The van der Waals surface area contributed by atoms with Gasteiger partial charge >= 0.3 is 0 Å². The molecule has 1 aliphatic heterocycles. The molecule has 2 nitrogen and oxygen atoms in total. The lowest BCUT2D eigenvalue weighted by Gasteiger charge is -2.31. The number of hydrogen-bond donors (Lipinski definition) is 1. The fourth-order valence-corrected chi connectivity index (χ4v) is 3.03. The van der Waals surface area contributed by atoms with Crippen molar-refractivity contribution < 1.29 is 9.13 Å². The van der Waals surface area contributed by atoms with Gasteiger partial charge in [0.15, 0.2) is 0 Å². The highest BCUT2D eigenvalue weighted by atomic mass is 79.9. The van der Waals surface area contributed by atoms with E-state index in [0.29, 0.717) is 6.42 Å². The number of ether oxygens (including phenoxy) is 1. The maximum Gasteiger partial charge on any atom is 0.126 e. The minimum absolute atomic E-state index is 0.137. The number of halogens is 2. The van der Waals surface area contributed by atoms with Crippen molar-refractivity contribution in [3.63, 3.8) is 0 Å². The lowest BCUT2D eigenvalue weighted by Crippen LogP contribution is -2.44. The van der Waals surface area contributed by atoms with Gasteiger partial charge in [-0.25, -0.2) is 4.39 Å². The van der Waals surface area contributed by atoms with Crippen LogP contribution in [0.5, 0.6) is 0 Å². The van der Waals surface area contributed by atoms with E-state index in [4.69, 9.17) is 4.74 Å². The molecule has 1 heterocycles. The van der Waals surface area contributed by atoms with Crippen LogP contribution in [0, 0.1) is 5.82 Å². The smallest absolute Gasteiger partial charge is 0.126 e. The second-order valence-electron chi connectivity index (χ2n) is 5.01. The van der Waals surface area contributed by atoms with Gasteiger partial charge in [-0.05, 0) is 56.0 Å². The van der Waals surface area contributed by atoms with Crippen LogP contribution in [0.3, 0.4) is 0 Å². The van der Waals surface area contributed by atoms with Gasteiger partial charge in [-0.3, -0.25) is 0 Å². The van der Waals surface area contributed by atoms with Crippen LogP contribution in [-0.2, 0) is 11.2 Å². The van der Waals surface area contributed by atoms with Gasteiger partial charge in [0, 0.05) is 17.1 Å². The zero-order chi connectivity index (χ0) is 13.7. The van der Waals surface area contributed by atoms with E-state index in [1.54, 1.807) is 6.07 Å². The Hall–Kier alpha value is -0.450. The molecular formula is C15H21BrFNO. The first kappa shape index (κ1) is 14.9. The van der Waals surface area contributed by atoms with Crippen molar-refractivity contribution in [1.29, 1.82) is 0 Å². The molecule has 1 aliphatic rings. The summed E-state index contributed by atoms with van der Waals surface area (Å²) in [5.74, 6) is -0.137. The quantitative estimate of drug-likeness (QED) is 0.889. The van der Waals surface area contributed by atoms with Crippen LogP contribution in [0.25, 0.3) is 0 Å². The molecule has 1 N–H and O–H groups in total. The molecule has 0 spiro atoms. The highest BCUT2D eigenvalue weighted by molar-refractivity contribution is 9.10. The zero-order valence-electron chi connectivity index (χ0n) is 11.3. The molecule has 2 unspecified atom stereocenters. The SMILES string of the molecule is CCNC(Cc1cc(Br)ccc1F)C1CCCCO1. The molecule has 1 fully saturated rings. The summed E-state index contributed by atoms with van der Waals surface area (Å²) in [6, 6.07) is 5.30. The van der Waals surface area contributed by atoms with Crippen molar-refractivity contribution in [2.75, 3.05) is 13.2 Å². The number of nitrogens with one attached hydrogen (secondary N) is 1. The van der Waals surface area contributed by atoms with E-state index in [-0.39, 0.29) is 18.0 Å². The fraction of sp³-hybridized carbons (Fsp3) is 0.600. The third-order valence-electron chi connectivity index (χ3n) is 3.58. The predicted octanol–water partition coefficient (Wildman–Crippen LogP) is 3.68. The molecule has 2 rings (SSSR count). The van der Waals surface area contributed by atoms with Gasteiger partial charge in [-0.2, -0.15) is 0 Å². The predicted molar refractivity (Wildman–Crippen MR) is 78.9 cm³/mol. The van der Waals surface area contributed by atoms with E-state index in [0.717, 1.165) is 36.0 Å². The summed E-state index contributed by atoms with van der Waals surface area (Å²) in [5, 5.41) is 3.44. The van der Waals surface area contributed by atoms with Crippen LogP contribution in [0.4, 0.5) is 4.39 Å². The molecule has 1 aromatic rings. The Labute approximate surface area is 122 Å². The summed E-state index contributed by atoms with van der Waals surface area (Å²) < 4.78 is 20.6. The van der Waals surface area contributed by atoms with Crippen molar-refractivity contribution >= 4 is 15.9 Å². The third kappa shape index (κ3) is 4.26. The van der Waals surface area contributed by atoms with Crippen LogP contribution < -0.4 is 5.32 Å². The van der Waals surface area contributed by atoms with Crippen molar-refractivity contribution in [3.8, 4) is 0 Å². The first-order chi connectivity index (χ1) is 9.20. The second kappa shape index (κ2) is 7.36. The Bertz CT molecular complexity index is 407. The van der Waals surface area contributed by atoms with E-state index in [2.05, 4.69) is 28.2 Å². The van der Waals surface area contributed by atoms with Gasteiger partial charge in [0.1, 0.15) is 5.82 Å². The average Bonchev–Trinajstić information content (AvgIpc) is 2.43. The highest BCUT2D eigenvalue weighted by Gasteiger charge is 2.24. The van der Waals surface area contributed by atoms with Crippen molar-refractivity contribution in [1.82, 2.24) is 5.32 Å². The minimum Gasteiger partial charge on any atom is -0.377 e. The van der Waals surface area contributed by atoms with E-state index in [9.17, 15) is 4.39 Å². The Morgan fingerprint density at radius 2 is 2.32 bits per heavy atom. The summed E-state index contributed by atoms with van der Waals surface area (Å²) in [6.07, 6.45) is 4.28. The van der Waals surface area contributed by atoms with Crippen LogP contribution >= 0.6 is 15.9 Å². The van der Waals surface area contributed by atoms with Gasteiger partial charge in [-0.15, -0.1) is 0 Å². The summed E-state index contributed by atoms with van der Waals surface area (Å²) in [7, 11) is 0. The van der Waals surface area contributed by atoms with E-state index < -0.39 is 0 Å². The van der Waals surface area contributed by atoms with Gasteiger partial charge < -0.3 is 10.1 Å². The Morgan fingerprint density at radius 1 is 1.47 bits per heavy atom. The van der Waals surface area contributed by atoms with Crippen molar-refractivity contribution in [2.24, 2.45) is 0 Å². The molecule has 4 heteroatoms. The summed E-state index contributed by atoms with van der Waals surface area (Å²) in [4.78, 5) is 0. The summed E-state index contributed by atoms with van der Waals surface area (Å²) >= 11 is 3.40. The molecule has 1 saturated heterocycles. The molecular weight excluding hydrogens is 309 g/mol. The van der Waals surface area contributed by atoms with Crippen molar-refractivity contribution in [3.05, 3.63) is 34.1 Å². The van der Waals surface area contributed by atoms with E-state index in [1.165, 1.54) is 12.5 Å². The van der Waals surface area contributed by atoms with Gasteiger partial charge in [0.05, 0.1) is 6.10 Å². The molecule has 106 valence electrons. The monoisotopic (exact) mass is 329 g/mol. The maximum atomic E-state index is 13.8. The summed E-state index contributed by atoms with van der Waals surface area (Å²) in [5.41, 5.74) is 0.745. The van der Waals surface area contributed by atoms with Crippen LogP contribution in [0.15, 0.2) is 22.7 Å². The molecule has 0 radical (unpaired) electrons. The lowest BCUT2D eigenvalue weighted by molar-refractivity contribution is -0.00723. The molecule has 2 atom stereocenters. The number of rotatable bonds is 5. The standard InChI is InChI=1S/C15H21BrFNO/c1-2-18-14(15-5-3-4-8-19-15)10-11-9-12(16)6-7-13(11)17/h6-7,9,14-15,18H,2-5,8,10H2,1H3. The van der Waals surface area contributed by atoms with Gasteiger partial charge in [0.2, 0.25) is 0 Å². The van der Waals surface area contributed by atoms with Crippen LogP contribution in [0.2, 0.25) is 0 Å². The fourth-order valence-electron chi connectivity index (χ4n) is 2.62. The Kier molecular flexibility index (Phi) is 5.79. The third-order valence-corrected chi connectivity index (χ3v) is 4.07. The minimum atomic E-state index is -0.137. The van der Waals surface area contributed by atoms with Crippen LogP contribution in [0.1, 0.15) is 31.7 Å². The first-order valence-electron chi connectivity index (χ1n) is 6.99. The normalized spacial score (nSPS) is 21.3. The molecule has 0 saturated carbocycles. The second-order valence-corrected chi connectivity index (χ2v) is 5.92. The number of benzene rings is 1. The average molecular weight is 330 g/mol. The highest BCUT2D eigenvalue weighted by Crippen LogP contribution is 2.22.